The van der Waals surface area contributed by atoms with Crippen LogP contribution >= 0.6 is 0 Å². The van der Waals surface area contributed by atoms with Crippen LogP contribution in [0, 0.1) is 0 Å². The molecule has 4 N–H and O–H groups in total. The fourth-order valence-electron chi connectivity index (χ4n) is 1.33. The van der Waals surface area contributed by atoms with Crippen molar-refractivity contribution in [1.82, 2.24) is 4.98 Å². The SMILES string of the molecule is Nc1ccc(Oc2ncccc2B(O)O)cc1. The molecule has 1 aromatic carbocycles. The van der Waals surface area contributed by atoms with Gasteiger partial charge in [-0.25, -0.2) is 4.98 Å². The Morgan fingerprint density at radius 1 is 1.12 bits per heavy atom. The van der Waals surface area contributed by atoms with Gasteiger partial charge in [-0.2, -0.15) is 0 Å². The minimum absolute atomic E-state index is 0.160. The lowest BCUT2D eigenvalue weighted by Gasteiger charge is -2.09. The Hall–Kier alpha value is -2.05. The van der Waals surface area contributed by atoms with Gasteiger partial charge in [0.25, 0.3) is 0 Å². The minimum Gasteiger partial charge on any atom is -0.439 e. The van der Waals surface area contributed by atoms with Crippen molar-refractivity contribution in [3.05, 3.63) is 42.6 Å². The summed E-state index contributed by atoms with van der Waals surface area (Å²) in [4.78, 5) is 3.94. The first-order chi connectivity index (χ1) is 8.16. The van der Waals surface area contributed by atoms with E-state index in [2.05, 4.69) is 4.98 Å². The van der Waals surface area contributed by atoms with Gasteiger partial charge in [0.05, 0.1) is 0 Å². The number of ether oxygens (including phenoxy) is 1. The van der Waals surface area contributed by atoms with Crippen LogP contribution in [0.15, 0.2) is 42.6 Å². The van der Waals surface area contributed by atoms with Gasteiger partial charge in [-0.3, -0.25) is 0 Å². The first kappa shape index (κ1) is 11.4. The van der Waals surface area contributed by atoms with Crippen molar-refractivity contribution in [3.8, 4) is 11.6 Å². The summed E-state index contributed by atoms with van der Waals surface area (Å²) in [6, 6.07) is 9.87. The van der Waals surface area contributed by atoms with E-state index >= 15 is 0 Å². The van der Waals surface area contributed by atoms with E-state index in [-0.39, 0.29) is 11.3 Å². The molecule has 0 unspecified atom stereocenters. The highest BCUT2D eigenvalue weighted by Crippen LogP contribution is 2.18. The average molecular weight is 230 g/mol. The molecular formula is C11H11BN2O3. The number of hydrogen-bond donors (Lipinski definition) is 3. The first-order valence-corrected chi connectivity index (χ1v) is 5.01. The Bertz CT molecular complexity index is 502. The number of benzene rings is 1. The van der Waals surface area contributed by atoms with Crippen LogP contribution < -0.4 is 15.9 Å². The second kappa shape index (κ2) is 4.86. The molecule has 6 heteroatoms. The normalized spacial score (nSPS) is 10.0. The van der Waals surface area contributed by atoms with Crippen molar-refractivity contribution in [2.24, 2.45) is 0 Å². The highest BCUT2D eigenvalue weighted by molar-refractivity contribution is 6.59. The van der Waals surface area contributed by atoms with E-state index in [4.69, 9.17) is 20.5 Å². The molecule has 1 aromatic heterocycles. The molecule has 86 valence electrons. The van der Waals surface area contributed by atoms with Crippen molar-refractivity contribution in [1.29, 1.82) is 0 Å². The van der Waals surface area contributed by atoms with E-state index in [1.807, 2.05) is 0 Å². The Kier molecular flexibility index (Phi) is 3.27. The second-order valence-corrected chi connectivity index (χ2v) is 3.44. The Balaban J connectivity index is 2.26. The predicted octanol–water partition coefficient (Wildman–Crippen LogP) is 0.136. The quantitative estimate of drug-likeness (QED) is 0.515. The molecule has 0 saturated carbocycles. The maximum atomic E-state index is 9.14. The van der Waals surface area contributed by atoms with Crippen LogP contribution in [0.25, 0.3) is 0 Å². The summed E-state index contributed by atoms with van der Waals surface area (Å²) < 4.78 is 5.44. The average Bonchev–Trinajstić information content (AvgIpc) is 2.32. The van der Waals surface area contributed by atoms with Gasteiger partial charge in [0.15, 0.2) is 0 Å². The minimum atomic E-state index is -1.62. The molecular weight excluding hydrogens is 219 g/mol. The summed E-state index contributed by atoms with van der Waals surface area (Å²) in [7, 11) is -1.62. The zero-order valence-electron chi connectivity index (χ0n) is 8.95. The summed E-state index contributed by atoms with van der Waals surface area (Å²) in [5.41, 5.74) is 6.39. The smallest absolute Gasteiger partial charge is 0.439 e. The number of anilines is 1. The third kappa shape index (κ3) is 2.75. The highest BCUT2D eigenvalue weighted by atomic mass is 16.5. The molecule has 0 amide bonds. The highest BCUT2D eigenvalue weighted by Gasteiger charge is 2.18. The fraction of sp³-hybridized carbons (Fsp3) is 0. The van der Waals surface area contributed by atoms with E-state index in [0.717, 1.165) is 0 Å². The van der Waals surface area contributed by atoms with Gasteiger partial charge in [-0.1, -0.05) is 6.07 Å². The molecule has 2 rings (SSSR count). The molecule has 0 atom stereocenters. The van der Waals surface area contributed by atoms with Gasteiger partial charge in [0.2, 0.25) is 5.88 Å². The van der Waals surface area contributed by atoms with Crippen LogP contribution in [-0.2, 0) is 0 Å². The standard InChI is InChI=1S/C11H11BN2O3/c13-8-3-5-9(6-4-8)17-11-10(12(15)16)2-1-7-14-11/h1-7,15-16H,13H2. The molecule has 0 aliphatic heterocycles. The third-order valence-electron chi connectivity index (χ3n) is 2.17. The zero-order valence-corrected chi connectivity index (χ0v) is 8.95. The Morgan fingerprint density at radius 2 is 1.82 bits per heavy atom. The molecule has 1 heterocycles. The van der Waals surface area contributed by atoms with Crippen LogP contribution in [0.2, 0.25) is 0 Å². The van der Waals surface area contributed by atoms with Crippen LogP contribution in [0.1, 0.15) is 0 Å². The van der Waals surface area contributed by atoms with E-state index in [9.17, 15) is 0 Å². The number of nitrogen functional groups attached to an aromatic ring is 1. The summed E-state index contributed by atoms with van der Waals surface area (Å²) in [5.74, 6) is 0.687. The van der Waals surface area contributed by atoms with Gasteiger partial charge in [-0.15, -0.1) is 0 Å². The second-order valence-electron chi connectivity index (χ2n) is 3.44. The van der Waals surface area contributed by atoms with E-state index in [1.54, 1.807) is 30.3 Å². The molecule has 0 saturated heterocycles. The van der Waals surface area contributed by atoms with E-state index < -0.39 is 7.12 Å². The first-order valence-electron chi connectivity index (χ1n) is 5.01. The summed E-state index contributed by atoms with van der Waals surface area (Å²) in [6.45, 7) is 0. The number of rotatable bonds is 3. The largest absolute Gasteiger partial charge is 0.494 e. The Morgan fingerprint density at radius 3 is 2.47 bits per heavy atom. The molecule has 0 bridgehead atoms. The van der Waals surface area contributed by atoms with Crippen molar-refractivity contribution in [3.63, 3.8) is 0 Å². The maximum absolute atomic E-state index is 9.14. The molecule has 2 aromatic rings. The molecule has 17 heavy (non-hydrogen) atoms. The monoisotopic (exact) mass is 230 g/mol. The lowest BCUT2D eigenvalue weighted by molar-refractivity contribution is 0.418. The third-order valence-corrected chi connectivity index (χ3v) is 2.17. The fourth-order valence-corrected chi connectivity index (χ4v) is 1.33. The number of pyridine rings is 1. The summed E-state index contributed by atoms with van der Waals surface area (Å²) in [5, 5.41) is 18.3. The van der Waals surface area contributed by atoms with Gasteiger partial charge in [0, 0.05) is 17.3 Å². The van der Waals surface area contributed by atoms with Gasteiger partial charge < -0.3 is 20.5 Å². The van der Waals surface area contributed by atoms with Crippen molar-refractivity contribution in [2.75, 3.05) is 5.73 Å². The molecule has 0 radical (unpaired) electrons. The van der Waals surface area contributed by atoms with Crippen molar-refractivity contribution < 1.29 is 14.8 Å². The maximum Gasteiger partial charge on any atom is 0.494 e. The Labute approximate surface area is 98.6 Å². The van der Waals surface area contributed by atoms with Crippen LogP contribution in [0.5, 0.6) is 11.6 Å². The molecule has 0 aliphatic carbocycles. The zero-order chi connectivity index (χ0) is 12.3. The summed E-state index contributed by atoms with van der Waals surface area (Å²) >= 11 is 0. The molecule has 0 spiro atoms. The summed E-state index contributed by atoms with van der Waals surface area (Å²) in [6.07, 6.45) is 1.51. The van der Waals surface area contributed by atoms with Crippen LogP contribution in [0.4, 0.5) is 5.69 Å². The van der Waals surface area contributed by atoms with Gasteiger partial charge in [-0.05, 0) is 30.3 Å². The topological polar surface area (TPSA) is 88.6 Å². The lowest BCUT2D eigenvalue weighted by Crippen LogP contribution is -2.31. The molecule has 0 aliphatic rings. The number of nitrogens with two attached hydrogens (primary N) is 1. The molecule has 0 fully saturated rings. The number of aromatic nitrogens is 1. The van der Waals surface area contributed by atoms with Crippen molar-refractivity contribution >= 4 is 18.3 Å². The van der Waals surface area contributed by atoms with Crippen molar-refractivity contribution in [2.45, 2.75) is 0 Å². The van der Waals surface area contributed by atoms with Gasteiger partial charge >= 0.3 is 7.12 Å². The predicted molar refractivity (Wildman–Crippen MR) is 65.0 cm³/mol. The van der Waals surface area contributed by atoms with Crippen LogP contribution in [0.3, 0.4) is 0 Å². The van der Waals surface area contributed by atoms with E-state index in [0.29, 0.717) is 11.4 Å². The number of nitrogens with zero attached hydrogens (tertiary/aromatic N) is 1. The number of hydrogen-bond acceptors (Lipinski definition) is 5. The van der Waals surface area contributed by atoms with Gasteiger partial charge in [0.1, 0.15) is 5.75 Å². The van der Waals surface area contributed by atoms with Crippen LogP contribution in [-0.4, -0.2) is 22.2 Å². The van der Waals surface area contributed by atoms with E-state index in [1.165, 1.54) is 12.3 Å². The molecule has 5 nitrogen and oxygen atoms in total. The lowest BCUT2D eigenvalue weighted by atomic mass is 9.81.